The summed E-state index contributed by atoms with van der Waals surface area (Å²) in [6, 6.07) is 9.90. The Labute approximate surface area is 140 Å². The lowest BCUT2D eigenvalue weighted by Crippen LogP contribution is -2.23. The van der Waals surface area contributed by atoms with Gasteiger partial charge in [-0.1, -0.05) is 13.0 Å². The Morgan fingerprint density at radius 1 is 1.38 bits per heavy atom. The smallest absolute Gasteiger partial charge is 0.220 e. The summed E-state index contributed by atoms with van der Waals surface area (Å²) in [4.78, 5) is 16.5. The molecule has 1 aliphatic carbocycles. The predicted molar refractivity (Wildman–Crippen MR) is 90.6 cm³/mol. The molecule has 4 rings (SSSR count). The lowest BCUT2D eigenvalue weighted by molar-refractivity contribution is -0.121. The van der Waals surface area contributed by atoms with Crippen LogP contribution in [-0.4, -0.2) is 15.3 Å². The normalized spacial score (nSPS) is 19.5. The first kappa shape index (κ1) is 15.0. The minimum absolute atomic E-state index is 0.0183. The van der Waals surface area contributed by atoms with Crippen molar-refractivity contribution in [1.82, 2.24) is 14.7 Å². The van der Waals surface area contributed by atoms with Gasteiger partial charge in [-0.25, -0.2) is 4.98 Å². The maximum absolute atomic E-state index is 12.0. The van der Waals surface area contributed by atoms with Crippen LogP contribution in [0.3, 0.4) is 0 Å². The van der Waals surface area contributed by atoms with Crippen molar-refractivity contribution in [3.63, 3.8) is 0 Å². The quantitative estimate of drug-likeness (QED) is 0.757. The Hall–Kier alpha value is -2.56. The predicted octanol–water partition coefficient (Wildman–Crippen LogP) is 3.30. The van der Waals surface area contributed by atoms with Crippen molar-refractivity contribution in [3.05, 3.63) is 59.9 Å². The molecule has 1 aliphatic rings. The molecule has 3 aromatic rings. The summed E-state index contributed by atoms with van der Waals surface area (Å²) in [5.74, 6) is 3.31. The molecule has 1 saturated carbocycles. The molecule has 5 heteroatoms. The molecule has 0 bridgehead atoms. The molecule has 3 aromatic heterocycles. The van der Waals surface area contributed by atoms with Crippen molar-refractivity contribution in [3.8, 4) is 0 Å². The molecule has 1 fully saturated rings. The third-order valence-corrected chi connectivity index (χ3v) is 4.64. The number of aryl methyl sites for hydroxylation is 1. The molecule has 124 valence electrons. The topological polar surface area (TPSA) is 59.5 Å². The average Bonchev–Trinajstić information content (AvgIpc) is 3.02. The van der Waals surface area contributed by atoms with E-state index in [4.69, 9.17) is 4.42 Å². The van der Waals surface area contributed by atoms with E-state index in [0.717, 1.165) is 28.8 Å². The number of carbonyl (C=O) groups is 1. The van der Waals surface area contributed by atoms with Crippen molar-refractivity contribution in [2.75, 3.05) is 0 Å². The monoisotopic (exact) mass is 323 g/mol. The highest BCUT2D eigenvalue weighted by atomic mass is 16.3. The Bertz CT molecular complexity index is 831. The number of imidazole rings is 1. The van der Waals surface area contributed by atoms with E-state index in [2.05, 4.69) is 23.3 Å². The average molecular weight is 323 g/mol. The SMILES string of the molecule is C[C@H]1C[C@H]1c1ccc(CCC(=O)NCc2cn3ccccc3n2)o1. The second-order valence-corrected chi connectivity index (χ2v) is 6.60. The number of hydrogen-bond donors (Lipinski definition) is 1. The summed E-state index contributed by atoms with van der Waals surface area (Å²) in [5.41, 5.74) is 1.75. The van der Waals surface area contributed by atoms with Crippen LogP contribution in [0.15, 0.2) is 47.1 Å². The van der Waals surface area contributed by atoms with Gasteiger partial charge in [0.15, 0.2) is 0 Å². The van der Waals surface area contributed by atoms with Crippen LogP contribution in [-0.2, 0) is 17.8 Å². The summed E-state index contributed by atoms with van der Waals surface area (Å²) < 4.78 is 7.78. The standard InChI is InChI=1S/C19H21N3O2/c1-13-10-16(13)17-7-5-15(24-17)6-8-19(23)20-11-14-12-22-9-3-2-4-18(22)21-14/h2-5,7,9,12-13,16H,6,8,10-11H2,1H3,(H,20,23)/t13-,16+/m0/s1. The summed E-state index contributed by atoms with van der Waals surface area (Å²) in [7, 11) is 0. The highest BCUT2D eigenvalue weighted by Crippen LogP contribution is 2.47. The number of furan rings is 1. The number of fused-ring (bicyclic) bond motifs is 1. The van der Waals surface area contributed by atoms with Crippen LogP contribution in [0, 0.1) is 5.92 Å². The van der Waals surface area contributed by atoms with E-state index in [9.17, 15) is 4.79 Å². The van der Waals surface area contributed by atoms with Crippen molar-refractivity contribution < 1.29 is 9.21 Å². The molecule has 0 aromatic carbocycles. The molecule has 1 amide bonds. The fourth-order valence-corrected chi connectivity index (χ4v) is 3.03. The second-order valence-electron chi connectivity index (χ2n) is 6.60. The number of carbonyl (C=O) groups excluding carboxylic acids is 1. The molecular weight excluding hydrogens is 302 g/mol. The van der Waals surface area contributed by atoms with E-state index in [1.165, 1.54) is 6.42 Å². The molecule has 5 nitrogen and oxygen atoms in total. The molecule has 0 spiro atoms. The van der Waals surface area contributed by atoms with E-state index in [1.54, 1.807) is 0 Å². The van der Waals surface area contributed by atoms with Crippen LogP contribution in [0.25, 0.3) is 5.65 Å². The van der Waals surface area contributed by atoms with Gasteiger partial charge in [-0.3, -0.25) is 4.79 Å². The second kappa shape index (κ2) is 6.15. The summed E-state index contributed by atoms with van der Waals surface area (Å²) in [6.07, 6.45) is 6.17. The number of aromatic nitrogens is 2. The van der Waals surface area contributed by atoms with Gasteiger partial charge in [0.25, 0.3) is 0 Å². The van der Waals surface area contributed by atoms with Crippen LogP contribution < -0.4 is 5.32 Å². The first-order valence-electron chi connectivity index (χ1n) is 8.47. The van der Waals surface area contributed by atoms with Crippen molar-refractivity contribution in [1.29, 1.82) is 0 Å². The van der Waals surface area contributed by atoms with E-state index in [-0.39, 0.29) is 5.91 Å². The summed E-state index contributed by atoms with van der Waals surface area (Å²) >= 11 is 0. The van der Waals surface area contributed by atoms with Crippen molar-refractivity contribution in [2.45, 2.75) is 38.6 Å². The van der Waals surface area contributed by atoms with Crippen LogP contribution >= 0.6 is 0 Å². The van der Waals surface area contributed by atoms with E-state index < -0.39 is 0 Å². The molecule has 2 atom stereocenters. The molecule has 0 saturated heterocycles. The first-order chi connectivity index (χ1) is 11.7. The molecule has 0 aliphatic heterocycles. The summed E-state index contributed by atoms with van der Waals surface area (Å²) in [6.45, 7) is 2.68. The van der Waals surface area contributed by atoms with Gasteiger partial charge in [0.05, 0.1) is 12.2 Å². The minimum atomic E-state index is 0.0183. The van der Waals surface area contributed by atoms with Crippen LogP contribution in [0.4, 0.5) is 0 Å². The number of amides is 1. The largest absolute Gasteiger partial charge is 0.466 e. The van der Waals surface area contributed by atoms with Crippen LogP contribution in [0.5, 0.6) is 0 Å². The molecule has 0 unspecified atom stereocenters. The molecular formula is C19H21N3O2. The maximum Gasteiger partial charge on any atom is 0.220 e. The lowest BCUT2D eigenvalue weighted by Gasteiger charge is -2.02. The fourth-order valence-electron chi connectivity index (χ4n) is 3.03. The zero-order valence-electron chi connectivity index (χ0n) is 13.7. The Morgan fingerprint density at radius 2 is 2.25 bits per heavy atom. The van der Waals surface area contributed by atoms with Crippen LogP contribution in [0.1, 0.15) is 42.9 Å². The number of pyridine rings is 1. The van der Waals surface area contributed by atoms with Gasteiger partial charge < -0.3 is 14.1 Å². The molecule has 0 radical (unpaired) electrons. The maximum atomic E-state index is 12.0. The minimum Gasteiger partial charge on any atom is -0.466 e. The van der Waals surface area contributed by atoms with Gasteiger partial charge in [0.2, 0.25) is 5.91 Å². The third-order valence-electron chi connectivity index (χ3n) is 4.64. The van der Waals surface area contributed by atoms with E-state index >= 15 is 0 Å². The lowest BCUT2D eigenvalue weighted by atomic mass is 10.2. The van der Waals surface area contributed by atoms with Crippen LogP contribution in [0.2, 0.25) is 0 Å². The zero-order chi connectivity index (χ0) is 16.5. The Balaban J connectivity index is 1.26. The first-order valence-corrected chi connectivity index (χ1v) is 8.47. The van der Waals surface area contributed by atoms with Gasteiger partial charge in [0.1, 0.15) is 17.2 Å². The Kier molecular flexibility index (Phi) is 3.84. The highest BCUT2D eigenvalue weighted by molar-refractivity contribution is 5.76. The van der Waals surface area contributed by atoms with Crippen molar-refractivity contribution in [2.24, 2.45) is 5.92 Å². The number of nitrogens with one attached hydrogen (secondary N) is 1. The number of rotatable bonds is 6. The summed E-state index contributed by atoms with van der Waals surface area (Å²) in [5, 5.41) is 2.92. The van der Waals surface area contributed by atoms with Gasteiger partial charge in [0, 0.05) is 31.2 Å². The van der Waals surface area contributed by atoms with E-state index in [1.807, 2.05) is 41.1 Å². The van der Waals surface area contributed by atoms with Crippen molar-refractivity contribution >= 4 is 11.6 Å². The fraction of sp³-hybridized carbons (Fsp3) is 0.368. The Morgan fingerprint density at radius 3 is 3.04 bits per heavy atom. The molecule has 1 N–H and O–H groups in total. The van der Waals surface area contributed by atoms with Gasteiger partial charge >= 0.3 is 0 Å². The van der Waals surface area contributed by atoms with Gasteiger partial charge in [-0.05, 0) is 36.6 Å². The van der Waals surface area contributed by atoms with E-state index in [0.29, 0.717) is 25.3 Å². The molecule has 3 heterocycles. The van der Waals surface area contributed by atoms with Gasteiger partial charge in [-0.2, -0.15) is 0 Å². The molecule has 24 heavy (non-hydrogen) atoms. The highest BCUT2D eigenvalue weighted by Gasteiger charge is 2.36. The van der Waals surface area contributed by atoms with Gasteiger partial charge in [-0.15, -0.1) is 0 Å². The zero-order valence-corrected chi connectivity index (χ0v) is 13.7. The third kappa shape index (κ3) is 3.20. The number of nitrogens with zero attached hydrogens (tertiary/aromatic N) is 2. The number of hydrogen-bond acceptors (Lipinski definition) is 3.